The van der Waals surface area contributed by atoms with Crippen molar-refractivity contribution in [2.45, 2.75) is 38.5 Å². The van der Waals surface area contributed by atoms with E-state index in [0.29, 0.717) is 17.5 Å². The maximum absolute atomic E-state index is 5.28. The third-order valence-corrected chi connectivity index (χ3v) is 13.4. The Balaban J connectivity index is 1.03. The quantitative estimate of drug-likeness (QED) is 0.153. The molecule has 0 N–H and O–H groups in total. The van der Waals surface area contributed by atoms with Gasteiger partial charge in [-0.2, -0.15) is 0 Å². The Hall–Kier alpha value is -7.69. The zero-order valence-corrected chi connectivity index (χ0v) is 36.0. The van der Waals surface area contributed by atoms with Crippen molar-refractivity contribution in [1.82, 2.24) is 15.0 Å². The maximum Gasteiger partial charge on any atom is 0.164 e. The Bertz CT molecular complexity index is 3190. The van der Waals surface area contributed by atoms with E-state index in [1.807, 2.05) is 12.1 Å². The summed E-state index contributed by atoms with van der Waals surface area (Å²) in [7, 11) is 0. The molecule has 1 aromatic heterocycles. The molecule has 11 rings (SSSR count). The van der Waals surface area contributed by atoms with Gasteiger partial charge >= 0.3 is 0 Å². The molecule has 0 atom stereocenters. The number of fused-ring (bicyclic) bond motifs is 7. The fraction of sp³-hybridized carbons (Fsp3) is 0.102. The van der Waals surface area contributed by atoms with Gasteiger partial charge in [0.15, 0.2) is 17.5 Å². The average molecular weight is 811 g/mol. The summed E-state index contributed by atoms with van der Waals surface area (Å²) in [4.78, 5) is 18.0. The number of benzene rings is 8. The third-order valence-electron chi connectivity index (χ3n) is 13.4. The minimum Gasteiger partial charge on any atom is -0.317 e. The second-order valence-electron chi connectivity index (χ2n) is 17.8. The van der Waals surface area contributed by atoms with Crippen LogP contribution in [0.2, 0.25) is 0 Å². The Morgan fingerprint density at radius 1 is 0.413 bits per heavy atom. The predicted molar refractivity (Wildman–Crippen MR) is 263 cm³/mol. The highest BCUT2D eigenvalue weighted by Gasteiger charge is 2.37. The Labute approximate surface area is 369 Å². The molecule has 0 bridgehead atoms. The molecule has 0 radical (unpaired) electrons. The number of rotatable bonds is 8. The molecule has 0 fully saturated rings. The highest BCUT2D eigenvalue weighted by molar-refractivity contribution is 5.89. The topological polar surface area (TPSA) is 41.9 Å². The van der Waals surface area contributed by atoms with Crippen LogP contribution in [0.4, 0.5) is 11.4 Å². The van der Waals surface area contributed by atoms with Gasteiger partial charge in [-0.1, -0.05) is 168 Å². The average Bonchev–Trinajstić information content (AvgIpc) is 3.70. The first-order chi connectivity index (χ1) is 30.7. The van der Waals surface area contributed by atoms with E-state index >= 15 is 0 Å². The zero-order valence-electron chi connectivity index (χ0n) is 36.0. The van der Waals surface area contributed by atoms with Gasteiger partial charge in [0.1, 0.15) is 0 Å². The van der Waals surface area contributed by atoms with Crippen LogP contribution in [-0.4, -0.2) is 15.0 Å². The van der Waals surface area contributed by atoms with Gasteiger partial charge in [0.2, 0.25) is 0 Å². The lowest BCUT2D eigenvalue weighted by Crippen LogP contribution is -2.15. The summed E-state index contributed by atoms with van der Waals surface area (Å²) in [5, 5.41) is 2.38. The molecule has 0 aliphatic heterocycles. The zero-order chi connectivity index (χ0) is 42.9. The SMILES string of the molecule is C=Cc1ccccc1/C=C/N(c1ccc(-c2nc(-c3ccc4c(c3)C(C)(C)c3ccccc3-4)nc(-c3ccc4c(c3)C(C)(C)c3ccccc3-4)n2)cc1)c1ccc2ccccc2c1. The van der Waals surface area contributed by atoms with Crippen molar-refractivity contribution in [3.8, 4) is 56.4 Å². The van der Waals surface area contributed by atoms with Gasteiger partial charge in [-0.05, 0) is 121 Å². The van der Waals surface area contributed by atoms with Gasteiger partial charge in [-0.3, -0.25) is 0 Å². The summed E-state index contributed by atoms with van der Waals surface area (Å²) in [5.41, 5.74) is 17.1. The first-order valence-corrected chi connectivity index (χ1v) is 21.7. The minimum absolute atomic E-state index is 0.157. The van der Waals surface area contributed by atoms with Gasteiger partial charge in [0.05, 0.1) is 0 Å². The van der Waals surface area contributed by atoms with Crippen LogP contribution in [0, 0.1) is 0 Å². The van der Waals surface area contributed by atoms with Crippen LogP contribution in [-0.2, 0) is 10.8 Å². The molecule has 0 unspecified atom stereocenters. The van der Waals surface area contributed by atoms with Crippen LogP contribution in [0.1, 0.15) is 61.1 Å². The molecule has 0 saturated heterocycles. The highest BCUT2D eigenvalue weighted by Crippen LogP contribution is 2.51. The lowest BCUT2D eigenvalue weighted by atomic mass is 9.82. The van der Waals surface area contributed by atoms with Gasteiger partial charge in [0, 0.05) is 45.1 Å². The van der Waals surface area contributed by atoms with E-state index in [0.717, 1.165) is 39.2 Å². The lowest BCUT2D eigenvalue weighted by Gasteiger charge is -2.22. The summed E-state index contributed by atoms with van der Waals surface area (Å²) in [6.45, 7) is 13.3. The number of nitrogens with zero attached hydrogens (tertiary/aromatic N) is 4. The van der Waals surface area contributed by atoms with E-state index in [1.54, 1.807) is 0 Å². The Morgan fingerprint density at radius 3 is 1.46 bits per heavy atom. The first kappa shape index (κ1) is 38.2. The Kier molecular flexibility index (Phi) is 8.95. The van der Waals surface area contributed by atoms with Gasteiger partial charge in [0.25, 0.3) is 0 Å². The molecule has 4 heteroatoms. The highest BCUT2D eigenvalue weighted by atomic mass is 15.1. The van der Waals surface area contributed by atoms with Crippen LogP contribution in [0.25, 0.3) is 79.3 Å². The van der Waals surface area contributed by atoms with Crippen molar-refractivity contribution in [1.29, 1.82) is 0 Å². The number of aromatic nitrogens is 3. The maximum atomic E-state index is 5.28. The fourth-order valence-electron chi connectivity index (χ4n) is 9.87. The van der Waals surface area contributed by atoms with E-state index < -0.39 is 0 Å². The third kappa shape index (κ3) is 6.41. The van der Waals surface area contributed by atoms with Crippen molar-refractivity contribution in [2.24, 2.45) is 0 Å². The molecule has 0 amide bonds. The van der Waals surface area contributed by atoms with Gasteiger partial charge < -0.3 is 4.90 Å². The first-order valence-electron chi connectivity index (χ1n) is 21.7. The molecular weight excluding hydrogens is 765 g/mol. The normalized spacial score (nSPS) is 14.0. The second-order valence-corrected chi connectivity index (χ2v) is 17.8. The summed E-state index contributed by atoms with van der Waals surface area (Å²) in [6.07, 6.45) is 6.19. The van der Waals surface area contributed by atoms with E-state index in [9.17, 15) is 0 Å². The van der Waals surface area contributed by atoms with E-state index in [4.69, 9.17) is 15.0 Å². The molecule has 63 heavy (non-hydrogen) atoms. The summed E-state index contributed by atoms with van der Waals surface area (Å²) < 4.78 is 0. The largest absolute Gasteiger partial charge is 0.317 e. The molecular formula is C59H46N4. The Morgan fingerprint density at radius 2 is 0.873 bits per heavy atom. The van der Waals surface area contributed by atoms with E-state index in [1.165, 1.54) is 55.3 Å². The molecule has 0 spiro atoms. The van der Waals surface area contributed by atoms with Gasteiger partial charge in [-0.15, -0.1) is 0 Å². The molecule has 9 aromatic rings. The summed E-state index contributed by atoms with van der Waals surface area (Å²) in [5.74, 6) is 1.93. The van der Waals surface area contributed by atoms with Crippen LogP contribution >= 0.6 is 0 Å². The number of hydrogen-bond donors (Lipinski definition) is 0. The van der Waals surface area contributed by atoms with Gasteiger partial charge in [-0.25, -0.2) is 15.0 Å². The number of hydrogen-bond acceptors (Lipinski definition) is 4. The standard InChI is InChI=1S/C59H46N4/c1-6-38-15-7-8-17-40(38)33-34-63(46-30-23-39-16-9-10-18-42(39)35-46)45-28-24-41(25-29-45)55-60-56(43-26-31-49-47-19-11-13-21-51(47)58(2,3)53(49)36-43)62-57(61-55)44-27-32-50-48-20-12-14-22-52(48)59(4,5)54(50)37-44/h6-37H,1H2,2-5H3/b34-33+. The van der Waals surface area contributed by atoms with Crippen LogP contribution in [0.5, 0.6) is 0 Å². The van der Waals surface area contributed by atoms with E-state index in [-0.39, 0.29) is 10.8 Å². The molecule has 2 aliphatic carbocycles. The van der Waals surface area contributed by atoms with Crippen molar-refractivity contribution < 1.29 is 0 Å². The van der Waals surface area contributed by atoms with Crippen LogP contribution in [0.3, 0.4) is 0 Å². The molecule has 1 heterocycles. The smallest absolute Gasteiger partial charge is 0.164 e. The predicted octanol–water partition coefficient (Wildman–Crippen LogP) is 15.1. The summed E-state index contributed by atoms with van der Waals surface area (Å²) in [6, 6.07) is 62.9. The monoisotopic (exact) mass is 810 g/mol. The molecule has 0 saturated carbocycles. The minimum atomic E-state index is -0.157. The molecule has 4 nitrogen and oxygen atoms in total. The second kappa shape index (κ2) is 14.7. The van der Waals surface area contributed by atoms with Crippen molar-refractivity contribution in [2.75, 3.05) is 4.90 Å². The van der Waals surface area contributed by atoms with Crippen LogP contribution < -0.4 is 4.90 Å². The summed E-state index contributed by atoms with van der Waals surface area (Å²) >= 11 is 0. The van der Waals surface area contributed by atoms with Crippen molar-refractivity contribution >= 4 is 34.3 Å². The van der Waals surface area contributed by atoms with Crippen molar-refractivity contribution in [3.05, 3.63) is 222 Å². The van der Waals surface area contributed by atoms with Crippen molar-refractivity contribution in [3.63, 3.8) is 0 Å². The van der Waals surface area contributed by atoms with Crippen LogP contribution in [0.15, 0.2) is 189 Å². The molecule has 2 aliphatic rings. The molecule has 8 aromatic carbocycles. The van der Waals surface area contributed by atoms with E-state index in [2.05, 4.69) is 221 Å². The fourth-order valence-corrected chi connectivity index (χ4v) is 9.87. The molecule has 302 valence electrons. The number of anilines is 2. The lowest BCUT2D eigenvalue weighted by molar-refractivity contribution is 0.660.